The fourth-order valence-corrected chi connectivity index (χ4v) is 8.73. The van der Waals surface area contributed by atoms with Gasteiger partial charge in [-0.05, 0) is 67.6 Å². The minimum Gasteiger partial charge on any atom is -0.494 e. The van der Waals surface area contributed by atoms with E-state index in [9.17, 15) is 13.7 Å². The van der Waals surface area contributed by atoms with Crippen LogP contribution in [-0.4, -0.2) is 69.7 Å². The highest BCUT2D eigenvalue weighted by Gasteiger charge is 2.53. The van der Waals surface area contributed by atoms with Crippen LogP contribution in [0.3, 0.4) is 0 Å². The molecule has 2 aliphatic rings. The van der Waals surface area contributed by atoms with Gasteiger partial charge in [0.05, 0.1) is 48.0 Å². The van der Waals surface area contributed by atoms with Gasteiger partial charge in [0.25, 0.3) is 10.0 Å². The number of nitrogens with zero attached hydrogens (tertiary/aromatic N) is 6. The van der Waals surface area contributed by atoms with E-state index >= 15 is 0 Å². The minimum absolute atomic E-state index is 0.0900. The number of para-hydroxylation sites is 1. The number of nitriles is 1. The molecule has 3 aromatic carbocycles. The smallest absolute Gasteiger partial charge is 0.265 e. The average Bonchev–Trinajstić information content (AvgIpc) is 3.48. The molecule has 0 amide bonds. The van der Waals surface area contributed by atoms with Gasteiger partial charge in [-0.25, -0.2) is 8.42 Å². The molecule has 7 rings (SSSR count). The topological polar surface area (TPSA) is 112 Å². The Kier molecular flexibility index (Phi) is 7.91. The Morgan fingerprint density at radius 3 is 2.43 bits per heavy atom. The van der Waals surface area contributed by atoms with Crippen LogP contribution in [0.4, 0.5) is 11.4 Å². The molecule has 47 heavy (non-hydrogen) atoms. The quantitative estimate of drug-likeness (QED) is 0.225. The van der Waals surface area contributed by atoms with Crippen molar-refractivity contribution in [3.05, 3.63) is 114 Å². The van der Waals surface area contributed by atoms with Gasteiger partial charge >= 0.3 is 0 Å². The second-order valence-corrected chi connectivity index (χ2v) is 13.3. The van der Waals surface area contributed by atoms with Gasteiger partial charge < -0.3 is 14.4 Å². The number of rotatable bonds is 8. The summed E-state index contributed by atoms with van der Waals surface area (Å²) in [6.45, 7) is 5.19. The third-order valence-electron chi connectivity index (χ3n) is 9.17. The molecule has 0 saturated carbocycles. The SMILES string of the molecule is CCOc1ccccc1C1(N2CCN(c3ccncc3)CC2)CN(S(=O)(=O)c2ccc(OC)c3ncccc23)c2ccc(C#N)cc21. The van der Waals surface area contributed by atoms with Crippen molar-refractivity contribution in [1.82, 2.24) is 14.9 Å². The van der Waals surface area contributed by atoms with Gasteiger partial charge in [-0.3, -0.25) is 19.2 Å². The molecule has 4 heterocycles. The van der Waals surface area contributed by atoms with Crippen molar-refractivity contribution in [2.75, 3.05) is 55.6 Å². The molecule has 2 aliphatic heterocycles. The molecular formula is C36H34N6O4S. The van der Waals surface area contributed by atoms with Crippen molar-refractivity contribution in [3.8, 4) is 17.6 Å². The third kappa shape index (κ3) is 5.01. The third-order valence-corrected chi connectivity index (χ3v) is 11.0. The Bertz CT molecular complexity index is 2090. The molecule has 0 aliphatic carbocycles. The number of ether oxygens (including phenoxy) is 2. The summed E-state index contributed by atoms with van der Waals surface area (Å²) in [5.41, 5.74) is 3.19. The molecule has 2 aromatic heterocycles. The van der Waals surface area contributed by atoms with Crippen LogP contribution in [0, 0.1) is 11.3 Å². The molecule has 1 saturated heterocycles. The van der Waals surface area contributed by atoms with Gasteiger partial charge in [0.15, 0.2) is 0 Å². The van der Waals surface area contributed by atoms with Gasteiger partial charge in [-0.2, -0.15) is 5.26 Å². The lowest BCUT2D eigenvalue weighted by Gasteiger charge is -2.47. The number of methoxy groups -OCH3 is 1. The zero-order valence-electron chi connectivity index (χ0n) is 26.2. The van der Waals surface area contributed by atoms with Crippen LogP contribution in [0.25, 0.3) is 10.9 Å². The van der Waals surface area contributed by atoms with Gasteiger partial charge in [0.2, 0.25) is 0 Å². The number of fused-ring (bicyclic) bond motifs is 2. The molecule has 5 aromatic rings. The van der Waals surface area contributed by atoms with Crippen molar-refractivity contribution >= 4 is 32.3 Å². The van der Waals surface area contributed by atoms with Crippen LogP contribution in [0.1, 0.15) is 23.6 Å². The summed E-state index contributed by atoms with van der Waals surface area (Å²) in [7, 11) is -2.61. The Labute approximate surface area is 274 Å². The lowest BCUT2D eigenvalue weighted by atomic mass is 9.81. The first-order chi connectivity index (χ1) is 22.9. The first kappa shape index (κ1) is 30.5. The van der Waals surface area contributed by atoms with Gasteiger partial charge in [0, 0.05) is 67.0 Å². The molecule has 11 heteroatoms. The zero-order chi connectivity index (χ0) is 32.6. The maximum atomic E-state index is 14.9. The van der Waals surface area contributed by atoms with E-state index in [-0.39, 0.29) is 11.4 Å². The fourth-order valence-electron chi connectivity index (χ4n) is 7.04. The number of piperazine rings is 1. The molecule has 0 bridgehead atoms. The molecule has 238 valence electrons. The second-order valence-electron chi connectivity index (χ2n) is 11.5. The molecule has 10 nitrogen and oxygen atoms in total. The van der Waals surface area contributed by atoms with Crippen molar-refractivity contribution in [3.63, 3.8) is 0 Å². The molecular weight excluding hydrogens is 613 g/mol. The van der Waals surface area contributed by atoms with Gasteiger partial charge in [0.1, 0.15) is 17.0 Å². The Balaban J connectivity index is 1.42. The van der Waals surface area contributed by atoms with E-state index in [0.29, 0.717) is 53.3 Å². The molecule has 1 fully saturated rings. The molecule has 1 unspecified atom stereocenters. The van der Waals surface area contributed by atoms with E-state index < -0.39 is 15.6 Å². The van der Waals surface area contributed by atoms with E-state index in [1.54, 1.807) is 62.1 Å². The molecule has 0 radical (unpaired) electrons. The van der Waals surface area contributed by atoms with E-state index in [1.807, 2.05) is 49.4 Å². The number of pyridine rings is 2. The maximum absolute atomic E-state index is 14.9. The first-order valence-corrected chi connectivity index (χ1v) is 17.0. The van der Waals surface area contributed by atoms with Crippen molar-refractivity contribution in [1.29, 1.82) is 5.26 Å². The number of benzene rings is 3. The lowest BCUT2D eigenvalue weighted by molar-refractivity contribution is 0.124. The molecule has 1 atom stereocenters. The number of sulfonamides is 1. The summed E-state index contributed by atoms with van der Waals surface area (Å²) in [6, 6.07) is 26.1. The Morgan fingerprint density at radius 1 is 0.894 bits per heavy atom. The number of aromatic nitrogens is 2. The molecule has 0 spiro atoms. The summed E-state index contributed by atoms with van der Waals surface area (Å²) in [5.74, 6) is 1.17. The van der Waals surface area contributed by atoms with E-state index in [2.05, 4.69) is 25.8 Å². The van der Waals surface area contributed by atoms with Crippen LogP contribution < -0.4 is 18.7 Å². The average molecular weight is 647 g/mol. The predicted molar refractivity (Wildman–Crippen MR) is 180 cm³/mol. The van der Waals surface area contributed by atoms with Crippen molar-refractivity contribution in [2.24, 2.45) is 0 Å². The highest BCUT2D eigenvalue weighted by Crippen LogP contribution is 2.52. The largest absolute Gasteiger partial charge is 0.494 e. The lowest BCUT2D eigenvalue weighted by Crippen LogP contribution is -2.58. The number of hydrogen-bond donors (Lipinski definition) is 0. The number of anilines is 2. The first-order valence-electron chi connectivity index (χ1n) is 15.5. The van der Waals surface area contributed by atoms with Crippen LogP contribution >= 0.6 is 0 Å². The summed E-state index contributed by atoms with van der Waals surface area (Å²) >= 11 is 0. The monoisotopic (exact) mass is 646 g/mol. The summed E-state index contributed by atoms with van der Waals surface area (Å²) in [6.07, 6.45) is 5.20. The number of hydrogen-bond acceptors (Lipinski definition) is 9. The zero-order valence-corrected chi connectivity index (χ0v) is 27.0. The van der Waals surface area contributed by atoms with Crippen LogP contribution in [0.2, 0.25) is 0 Å². The van der Waals surface area contributed by atoms with E-state index in [1.165, 1.54) is 4.31 Å². The Morgan fingerprint density at radius 2 is 1.68 bits per heavy atom. The van der Waals surface area contributed by atoms with E-state index in [0.717, 1.165) is 29.9 Å². The second kappa shape index (κ2) is 12.2. The maximum Gasteiger partial charge on any atom is 0.265 e. The fraction of sp³-hybridized carbons (Fsp3) is 0.250. The Hall–Kier alpha value is -5.18. The van der Waals surface area contributed by atoms with Crippen molar-refractivity contribution in [2.45, 2.75) is 17.4 Å². The van der Waals surface area contributed by atoms with Crippen LogP contribution in [0.5, 0.6) is 11.5 Å². The predicted octanol–water partition coefficient (Wildman–Crippen LogP) is 5.18. The van der Waals surface area contributed by atoms with Gasteiger partial charge in [-0.1, -0.05) is 18.2 Å². The minimum atomic E-state index is -4.15. The van der Waals surface area contributed by atoms with Gasteiger partial charge in [-0.15, -0.1) is 0 Å². The van der Waals surface area contributed by atoms with Crippen molar-refractivity contribution < 1.29 is 17.9 Å². The summed E-state index contributed by atoms with van der Waals surface area (Å²) in [5, 5.41) is 10.5. The van der Waals surface area contributed by atoms with E-state index in [4.69, 9.17) is 9.47 Å². The van der Waals surface area contributed by atoms with Crippen LogP contribution in [0.15, 0.2) is 102 Å². The standard InChI is InChI=1S/C36H34N6O4S/c1-3-46-32-9-5-4-8-29(32)36(41-21-19-40(20-22-41)27-14-17-38-18-15-27)25-42(31-11-10-26(24-37)23-30(31)36)47(43,44)34-13-12-33(45-2)35-28(34)7-6-16-39-35/h4-18,23H,3,19-22,25H2,1-2H3. The summed E-state index contributed by atoms with van der Waals surface area (Å²) in [4.78, 5) is 13.4. The highest BCUT2D eigenvalue weighted by molar-refractivity contribution is 7.93. The summed E-state index contributed by atoms with van der Waals surface area (Å²) < 4.78 is 43.1. The molecule has 0 N–H and O–H groups in total. The normalized spacial score (nSPS) is 18.1. The van der Waals surface area contributed by atoms with Crippen LogP contribution in [-0.2, 0) is 15.6 Å². The highest BCUT2D eigenvalue weighted by atomic mass is 32.2.